The molecule has 3 N–H and O–H groups in total. The largest absolute Gasteiger partial charge is 0.472 e. The predicted octanol–water partition coefficient (Wildman–Crippen LogP) is 22.8. The van der Waals surface area contributed by atoms with Crippen molar-refractivity contribution in [3.63, 3.8) is 0 Å². The van der Waals surface area contributed by atoms with Crippen LogP contribution in [0.4, 0.5) is 0 Å². The van der Waals surface area contributed by atoms with Crippen molar-refractivity contribution in [2.75, 3.05) is 39.6 Å². The SMILES string of the molecule is CCC(C)CCCCCCCCC(=O)OC[C@H](COP(=O)(O)OC[C@H](O)COP(=O)(O)OC[C@@H](COC(=O)CCCCCCCCCCCCCCCCCCC(C)C)OC(=O)CCCCCCCCC(C)CC)OC(=O)CCCCCCCCCCCCCCCCCC(C)C. The van der Waals surface area contributed by atoms with Gasteiger partial charge < -0.3 is 33.8 Å². The molecule has 0 bridgehead atoms. The second kappa shape index (κ2) is 67.2. The number of esters is 4. The Kier molecular flexibility index (Phi) is 65.9. The first-order chi connectivity index (χ1) is 46.7. The van der Waals surface area contributed by atoms with Gasteiger partial charge in [-0.2, -0.15) is 0 Å². The molecule has 0 aromatic heterocycles. The summed E-state index contributed by atoms with van der Waals surface area (Å²) in [5.74, 6) is 0.944. The van der Waals surface area contributed by atoms with E-state index in [1.165, 1.54) is 193 Å². The average molecular weight is 1420 g/mol. The lowest BCUT2D eigenvalue weighted by atomic mass is 10.00. The molecule has 4 unspecified atom stereocenters. The number of rotatable bonds is 75. The van der Waals surface area contributed by atoms with Gasteiger partial charge in [-0.05, 0) is 49.4 Å². The average Bonchev–Trinajstić information content (AvgIpc) is 1.51. The molecule has 0 saturated heterocycles. The zero-order valence-corrected chi connectivity index (χ0v) is 65.5. The first kappa shape index (κ1) is 95.1. The predicted molar refractivity (Wildman–Crippen MR) is 395 cm³/mol. The van der Waals surface area contributed by atoms with Crippen LogP contribution in [-0.4, -0.2) is 96.7 Å². The first-order valence-electron chi connectivity index (χ1n) is 40.3. The van der Waals surface area contributed by atoms with Crippen LogP contribution >= 0.6 is 15.6 Å². The molecular weight excluding hydrogens is 1270 g/mol. The quantitative estimate of drug-likeness (QED) is 0.0222. The van der Waals surface area contributed by atoms with Crippen molar-refractivity contribution >= 4 is 39.5 Å². The fraction of sp³-hybridized carbons (Fsp3) is 0.949. The first-order valence-corrected chi connectivity index (χ1v) is 43.3. The molecule has 576 valence electrons. The summed E-state index contributed by atoms with van der Waals surface area (Å²) in [6, 6.07) is 0. The van der Waals surface area contributed by atoms with Crippen LogP contribution in [-0.2, 0) is 65.4 Å². The lowest BCUT2D eigenvalue weighted by molar-refractivity contribution is -0.161. The zero-order chi connectivity index (χ0) is 71.7. The van der Waals surface area contributed by atoms with E-state index < -0.39 is 97.5 Å². The lowest BCUT2D eigenvalue weighted by Gasteiger charge is -2.21. The highest BCUT2D eigenvalue weighted by Gasteiger charge is 2.30. The lowest BCUT2D eigenvalue weighted by Crippen LogP contribution is -2.30. The van der Waals surface area contributed by atoms with E-state index in [9.17, 15) is 43.2 Å². The number of phosphoric ester groups is 2. The van der Waals surface area contributed by atoms with Gasteiger partial charge in [0.15, 0.2) is 12.2 Å². The molecule has 19 heteroatoms. The number of ether oxygens (including phenoxy) is 4. The highest BCUT2D eigenvalue weighted by atomic mass is 31.2. The standard InChI is InChI=1S/C78H152O17P2/c1-9-70(7)56-48-40-34-36-43-51-59-76(81)89-65-73(94-77(82)60-52-44-33-29-25-21-17-13-15-19-23-27-31-39-47-55-69(5)6)66-92-96(84,85)90-62-72(79)63-91-97(86,87)93-67-74(95-78(83)61-53-45-37-35-41-49-57-71(8)10-2)64-88-75(80)58-50-42-32-28-24-20-16-12-11-14-18-22-26-30-38-46-54-68(3)4/h68-74,79H,9-67H2,1-8H3,(H,84,85)(H,86,87)/t70?,71?,72-,73+,74+/m0/s1. The Hall–Kier alpha value is -1.94. The molecule has 0 amide bonds. The third-order valence-electron chi connectivity index (χ3n) is 18.8. The molecule has 0 rings (SSSR count). The van der Waals surface area contributed by atoms with Gasteiger partial charge in [0.2, 0.25) is 0 Å². The van der Waals surface area contributed by atoms with Crippen LogP contribution in [0.25, 0.3) is 0 Å². The van der Waals surface area contributed by atoms with Gasteiger partial charge in [0.05, 0.1) is 26.4 Å². The van der Waals surface area contributed by atoms with Crippen LogP contribution in [0.2, 0.25) is 0 Å². The monoisotopic (exact) mass is 1420 g/mol. The van der Waals surface area contributed by atoms with Crippen molar-refractivity contribution in [2.24, 2.45) is 23.7 Å². The molecule has 0 aliphatic heterocycles. The molecule has 0 aromatic carbocycles. The summed E-state index contributed by atoms with van der Waals surface area (Å²) in [7, 11) is -9.91. The van der Waals surface area contributed by atoms with E-state index in [0.29, 0.717) is 25.7 Å². The van der Waals surface area contributed by atoms with Crippen LogP contribution in [0.1, 0.15) is 396 Å². The Morgan fingerprint density at radius 2 is 0.495 bits per heavy atom. The van der Waals surface area contributed by atoms with Crippen molar-refractivity contribution < 1.29 is 80.2 Å². The van der Waals surface area contributed by atoms with Crippen molar-refractivity contribution in [3.8, 4) is 0 Å². The molecule has 0 saturated carbocycles. The van der Waals surface area contributed by atoms with Crippen LogP contribution < -0.4 is 0 Å². The number of carbonyl (C=O) groups is 4. The summed E-state index contributed by atoms with van der Waals surface area (Å²) in [5, 5.41) is 10.6. The summed E-state index contributed by atoms with van der Waals surface area (Å²) in [6.07, 6.45) is 52.9. The number of aliphatic hydroxyl groups is 1. The molecule has 0 aliphatic carbocycles. The van der Waals surface area contributed by atoms with Crippen molar-refractivity contribution in [1.29, 1.82) is 0 Å². The number of hydrogen-bond donors (Lipinski definition) is 3. The van der Waals surface area contributed by atoms with Gasteiger partial charge in [-0.3, -0.25) is 37.3 Å². The van der Waals surface area contributed by atoms with Gasteiger partial charge in [-0.25, -0.2) is 9.13 Å². The maximum absolute atomic E-state index is 13.1. The number of hydrogen-bond acceptors (Lipinski definition) is 15. The number of carbonyl (C=O) groups excluding carboxylic acids is 4. The van der Waals surface area contributed by atoms with E-state index in [2.05, 4.69) is 55.4 Å². The molecule has 17 nitrogen and oxygen atoms in total. The Morgan fingerprint density at radius 3 is 0.732 bits per heavy atom. The normalized spacial score (nSPS) is 14.6. The van der Waals surface area contributed by atoms with Gasteiger partial charge in [-0.15, -0.1) is 0 Å². The van der Waals surface area contributed by atoms with E-state index in [0.717, 1.165) is 120 Å². The number of phosphoric acid groups is 2. The molecule has 0 fully saturated rings. The van der Waals surface area contributed by atoms with E-state index >= 15 is 0 Å². The van der Waals surface area contributed by atoms with Crippen LogP contribution in [0.3, 0.4) is 0 Å². The van der Waals surface area contributed by atoms with Crippen LogP contribution in [0.15, 0.2) is 0 Å². The summed E-state index contributed by atoms with van der Waals surface area (Å²) in [6.45, 7) is 14.2. The van der Waals surface area contributed by atoms with Gasteiger partial charge in [-0.1, -0.05) is 344 Å². The van der Waals surface area contributed by atoms with E-state index in [4.69, 9.17) is 37.0 Å². The third-order valence-corrected chi connectivity index (χ3v) is 20.7. The van der Waals surface area contributed by atoms with Gasteiger partial charge in [0, 0.05) is 25.7 Å². The zero-order valence-electron chi connectivity index (χ0n) is 63.7. The Bertz CT molecular complexity index is 1910. The molecule has 0 aromatic rings. The smallest absolute Gasteiger partial charge is 0.462 e. The van der Waals surface area contributed by atoms with Gasteiger partial charge in [0.1, 0.15) is 19.3 Å². The summed E-state index contributed by atoms with van der Waals surface area (Å²) in [4.78, 5) is 72.8. The minimum Gasteiger partial charge on any atom is -0.462 e. The second-order valence-electron chi connectivity index (χ2n) is 29.5. The molecule has 7 atom stereocenters. The van der Waals surface area contributed by atoms with Crippen LogP contribution in [0, 0.1) is 23.7 Å². The topological polar surface area (TPSA) is 237 Å². The maximum Gasteiger partial charge on any atom is 0.472 e. The van der Waals surface area contributed by atoms with E-state index in [1.807, 2.05) is 0 Å². The van der Waals surface area contributed by atoms with E-state index in [-0.39, 0.29) is 25.7 Å². The highest BCUT2D eigenvalue weighted by Crippen LogP contribution is 2.45. The number of unbranched alkanes of at least 4 members (excludes halogenated alkanes) is 39. The maximum atomic E-state index is 13.1. The minimum absolute atomic E-state index is 0.103. The second-order valence-corrected chi connectivity index (χ2v) is 32.4. The molecule has 0 radical (unpaired) electrons. The minimum atomic E-state index is -4.96. The highest BCUT2D eigenvalue weighted by molar-refractivity contribution is 7.47. The summed E-state index contributed by atoms with van der Waals surface area (Å²) in [5.41, 5.74) is 0. The molecule has 0 spiro atoms. The summed E-state index contributed by atoms with van der Waals surface area (Å²) >= 11 is 0. The molecule has 0 heterocycles. The van der Waals surface area contributed by atoms with Crippen molar-refractivity contribution in [3.05, 3.63) is 0 Å². The van der Waals surface area contributed by atoms with Crippen molar-refractivity contribution in [1.82, 2.24) is 0 Å². The molecule has 0 aliphatic rings. The fourth-order valence-corrected chi connectivity index (χ4v) is 13.4. The number of aliphatic hydroxyl groups excluding tert-OH is 1. The van der Waals surface area contributed by atoms with Crippen molar-refractivity contribution in [2.45, 2.75) is 414 Å². The molecule has 97 heavy (non-hydrogen) atoms. The van der Waals surface area contributed by atoms with Gasteiger partial charge in [0.25, 0.3) is 0 Å². The van der Waals surface area contributed by atoms with Crippen LogP contribution in [0.5, 0.6) is 0 Å². The fourth-order valence-electron chi connectivity index (χ4n) is 11.8. The van der Waals surface area contributed by atoms with E-state index in [1.54, 1.807) is 0 Å². The molecular formula is C78H152O17P2. The Labute approximate surface area is 594 Å². The Morgan fingerprint density at radius 1 is 0.289 bits per heavy atom. The Balaban J connectivity index is 5.17. The summed E-state index contributed by atoms with van der Waals surface area (Å²) < 4.78 is 68.5. The van der Waals surface area contributed by atoms with Gasteiger partial charge >= 0.3 is 39.5 Å². The third kappa shape index (κ3) is 69.5.